The number of carbonyl (C=O) groups is 3. The molecule has 2 rings (SSSR count). The van der Waals surface area contributed by atoms with Crippen molar-refractivity contribution in [3.05, 3.63) is 59.2 Å². The number of aliphatic carboxylic acids is 1. The lowest BCUT2D eigenvalue weighted by atomic mass is 9.95. The molecule has 0 fully saturated rings. The minimum absolute atomic E-state index is 0.0206. The van der Waals surface area contributed by atoms with Gasteiger partial charge in [0.05, 0.1) is 0 Å². The fraction of sp³-hybridized carbons (Fsp3) is 0.348. The van der Waals surface area contributed by atoms with E-state index in [-0.39, 0.29) is 12.2 Å². The van der Waals surface area contributed by atoms with Crippen molar-refractivity contribution in [2.45, 2.75) is 52.7 Å². The SMILES string of the molecule is CC(=O)c1ccc(-c2ccc(CC(NC(=O)OC(C)(C)C)C(=O)O)cc2)c(C)c1. The summed E-state index contributed by atoms with van der Waals surface area (Å²) < 4.78 is 5.14. The van der Waals surface area contributed by atoms with Gasteiger partial charge in [-0.1, -0.05) is 36.4 Å². The van der Waals surface area contributed by atoms with Gasteiger partial charge in [0.25, 0.3) is 0 Å². The standard InChI is InChI=1S/C23H27NO5/c1-14-12-18(15(2)25)10-11-19(14)17-8-6-16(7-9-17)13-20(21(26)27)24-22(28)29-23(3,4)5/h6-12,20H,13H2,1-5H3,(H,24,28)(H,26,27). The molecule has 154 valence electrons. The minimum Gasteiger partial charge on any atom is -0.480 e. The van der Waals surface area contributed by atoms with Crippen LogP contribution in [0.25, 0.3) is 11.1 Å². The Morgan fingerprint density at radius 2 is 1.69 bits per heavy atom. The zero-order chi connectivity index (χ0) is 21.8. The molecule has 0 saturated carbocycles. The van der Waals surface area contributed by atoms with E-state index in [1.165, 1.54) is 6.92 Å². The van der Waals surface area contributed by atoms with Crippen LogP contribution in [0.3, 0.4) is 0 Å². The number of carboxylic acid groups (broad SMARTS) is 1. The molecule has 0 aliphatic heterocycles. The summed E-state index contributed by atoms with van der Waals surface area (Å²) in [7, 11) is 0. The van der Waals surface area contributed by atoms with Gasteiger partial charge in [0, 0.05) is 12.0 Å². The van der Waals surface area contributed by atoms with Gasteiger partial charge in [-0.15, -0.1) is 0 Å². The van der Waals surface area contributed by atoms with Crippen LogP contribution >= 0.6 is 0 Å². The topological polar surface area (TPSA) is 92.7 Å². The molecule has 1 atom stereocenters. The van der Waals surface area contributed by atoms with E-state index < -0.39 is 23.7 Å². The number of nitrogens with one attached hydrogen (secondary N) is 1. The van der Waals surface area contributed by atoms with Crippen LogP contribution in [0.5, 0.6) is 0 Å². The predicted molar refractivity (Wildman–Crippen MR) is 111 cm³/mol. The first kappa shape index (κ1) is 22.1. The first-order chi connectivity index (χ1) is 13.5. The molecule has 0 saturated heterocycles. The highest BCUT2D eigenvalue weighted by Crippen LogP contribution is 2.25. The number of ether oxygens (including phenoxy) is 1. The van der Waals surface area contributed by atoms with Crippen molar-refractivity contribution in [1.29, 1.82) is 0 Å². The molecule has 2 aromatic carbocycles. The lowest BCUT2D eigenvalue weighted by molar-refractivity contribution is -0.139. The van der Waals surface area contributed by atoms with Crippen molar-refractivity contribution in [3.63, 3.8) is 0 Å². The van der Waals surface area contributed by atoms with Crippen LogP contribution in [0, 0.1) is 6.92 Å². The number of amides is 1. The predicted octanol–water partition coefficient (Wildman–Crippen LogP) is 4.39. The first-order valence-corrected chi connectivity index (χ1v) is 9.39. The van der Waals surface area contributed by atoms with E-state index >= 15 is 0 Å². The molecular formula is C23H27NO5. The zero-order valence-corrected chi connectivity index (χ0v) is 17.4. The molecule has 0 aromatic heterocycles. The van der Waals surface area contributed by atoms with E-state index in [4.69, 9.17) is 4.74 Å². The van der Waals surface area contributed by atoms with Gasteiger partial charge in [0.2, 0.25) is 0 Å². The number of ketones is 1. The van der Waals surface area contributed by atoms with Gasteiger partial charge in [-0.2, -0.15) is 0 Å². The lowest BCUT2D eigenvalue weighted by Crippen LogP contribution is -2.44. The van der Waals surface area contributed by atoms with E-state index in [1.54, 1.807) is 26.8 Å². The van der Waals surface area contributed by atoms with Crippen LogP contribution in [-0.2, 0) is 16.0 Å². The zero-order valence-electron chi connectivity index (χ0n) is 17.4. The Balaban J connectivity index is 2.13. The number of aryl methyl sites for hydroxylation is 1. The highest BCUT2D eigenvalue weighted by Gasteiger charge is 2.24. The smallest absolute Gasteiger partial charge is 0.408 e. The molecule has 1 amide bonds. The Labute approximate surface area is 170 Å². The van der Waals surface area contributed by atoms with Crippen LogP contribution in [0.2, 0.25) is 0 Å². The van der Waals surface area contributed by atoms with Crippen LogP contribution in [0.15, 0.2) is 42.5 Å². The van der Waals surface area contributed by atoms with Crippen molar-refractivity contribution >= 4 is 17.8 Å². The van der Waals surface area contributed by atoms with Crippen molar-refractivity contribution in [1.82, 2.24) is 5.32 Å². The second-order valence-corrected chi connectivity index (χ2v) is 8.02. The fourth-order valence-electron chi connectivity index (χ4n) is 2.91. The van der Waals surface area contributed by atoms with Gasteiger partial charge in [-0.05, 0) is 62.9 Å². The Kier molecular flexibility index (Phi) is 6.80. The molecule has 2 N–H and O–H groups in total. The molecule has 0 aliphatic rings. The van der Waals surface area contributed by atoms with Crippen molar-refractivity contribution < 1.29 is 24.2 Å². The maximum atomic E-state index is 11.9. The monoisotopic (exact) mass is 397 g/mol. The Bertz CT molecular complexity index is 910. The molecule has 0 heterocycles. The summed E-state index contributed by atoms with van der Waals surface area (Å²) in [4.78, 5) is 34.9. The second-order valence-electron chi connectivity index (χ2n) is 8.02. The Morgan fingerprint density at radius 1 is 1.07 bits per heavy atom. The van der Waals surface area contributed by atoms with E-state index in [9.17, 15) is 19.5 Å². The van der Waals surface area contributed by atoms with Crippen LogP contribution in [-0.4, -0.2) is 34.6 Å². The number of alkyl carbamates (subject to hydrolysis) is 1. The van der Waals surface area contributed by atoms with E-state index in [1.807, 2.05) is 43.3 Å². The molecule has 6 nitrogen and oxygen atoms in total. The van der Waals surface area contributed by atoms with Gasteiger partial charge >= 0.3 is 12.1 Å². The number of hydrogen-bond acceptors (Lipinski definition) is 4. The Hall–Kier alpha value is -3.15. The third kappa shape index (κ3) is 6.45. The number of rotatable bonds is 6. The largest absolute Gasteiger partial charge is 0.480 e. The van der Waals surface area contributed by atoms with Crippen molar-refractivity contribution in [2.24, 2.45) is 0 Å². The third-order valence-electron chi connectivity index (χ3n) is 4.33. The van der Waals surface area contributed by atoms with E-state index in [0.717, 1.165) is 22.3 Å². The van der Waals surface area contributed by atoms with Gasteiger partial charge in [-0.25, -0.2) is 9.59 Å². The molecule has 2 aromatic rings. The molecule has 0 spiro atoms. The van der Waals surface area contributed by atoms with E-state index in [2.05, 4.69) is 5.32 Å². The van der Waals surface area contributed by atoms with Crippen LogP contribution in [0.1, 0.15) is 49.2 Å². The molecule has 1 unspecified atom stereocenters. The molecule has 29 heavy (non-hydrogen) atoms. The normalized spacial score (nSPS) is 12.2. The summed E-state index contributed by atoms with van der Waals surface area (Å²) in [5.41, 5.74) is 3.69. The number of carboxylic acids is 1. The number of benzene rings is 2. The second kappa shape index (κ2) is 8.90. The summed E-state index contributed by atoms with van der Waals surface area (Å²) >= 11 is 0. The maximum absolute atomic E-state index is 11.9. The van der Waals surface area contributed by atoms with Gasteiger partial charge in [0.1, 0.15) is 11.6 Å². The average molecular weight is 397 g/mol. The average Bonchev–Trinajstić information content (AvgIpc) is 2.60. The lowest BCUT2D eigenvalue weighted by Gasteiger charge is -2.22. The van der Waals surface area contributed by atoms with Crippen LogP contribution in [0.4, 0.5) is 4.79 Å². The molecule has 0 radical (unpaired) electrons. The highest BCUT2D eigenvalue weighted by atomic mass is 16.6. The first-order valence-electron chi connectivity index (χ1n) is 9.39. The summed E-state index contributed by atoms with van der Waals surface area (Å²) in [6.07, 6.45) is -0.625. The summed E-state index contributed by atoms with van der Waals surface area (Å²) in [6.45, 7) is 8.62. The molecule has 0 aliphatic carbocycles. The number of carbonyl (C=O) groups excluding carboxylic acids is 2. The van der Waals surface area contributed by atoms with Gasteiger partial charge < -0.3 is 15.2 Å². The fourth-order valence-corrected chi connectivity index (χ4v) is 2.91. The summed E-state index contributed by atoms with van der Waals surface area (Å²) in [5, 5.41) is 11.8. The quantitative estimate of drug-likeness (QED) is 0.706. The molecular weight excluding hydrogens is 370 g/mol. The van der Waals surface area contributed by atoms with Crippen LogP contribution < -0.4 is 5.32 Å². The summed E-state index contributed by atoms with van der Waals surface area (Å²) in [6, 6.07) is 11.9. The third-order valence-corrected chi connectivity index (χ3v) is 4.33. The summed E-state index contributed by atoms with van der Waals surface area (Å²) in [5.74, 6) is -1.11. The highest BCUT2D eigenvalue weighted by molar-refractivity contribution is 5.95. The van der Waals surface area contributed by atoms with Gasteiger partial charge in [0.15, 0.2) is 5.78 Å². The molecule has 6 heteroatoms. The van der Waals surface area contributed by atoms with Crippen molar-refractivity contribution in [2.75, 3.05) is 0 Å². The Morgan fingerprint density at radius 3 is 2.17 bits per heavy atom. The van der Waals surface area contributed by atoms with Gasteiger partial charge in [-0.3, -0.25) is 4.79 Å². The van der Waals surface area contributed by atoms with E-state index in [0.29, 0.717) is 5.56 Å². The number of Topliss-reactive ketones (excluding diaryl/α,β-unsaturated/α-hetero) is 1. The molecule has 0 bridgehead atoms. The minimum atomic E-state index is -1.13. The van der Waals surface area contributed by atoms with Crippen molar-refractivity contribution in [3.8, 4) is 11.1 Å². The maximum Gasteiger partial charge on any atom is 0.408 e. The number of hydrogen-bond donors (Lipinski definition) is 2.